The molecule has 2 aromatic carbocycles. The van der Waals surface area contributed by atoms with Gasteiger partial charge in [-0.15, -0.1) is 0 Å². The van der Waals surface area contributed by atoms with Crippen LogP contribution in [0, 0.1) is 5.82 Å². The molecule has 1 N–H and O–H groups in total. The largest absolute Gasteiger partial charge is 0.348 e. The number of amides is 1. The highest BCUT2D eigenvalue weighted by molar-refractivity contribution is 9.10. The number of carbonyl (C=O) groups is 1. The van der Waals surface area contributed by atoms with Crippen LogP contribution in [0.4, 0.5) is 4.39 Å². The van der Waals surface area contributed by atoms with Crippen molar-refractivity contribution >= 4 is 31.9 Å². The molecule has 162 valence electrons. The Morgan fingerprint density at radius 2 is 1.83 bits per heavy atom. The second-order valence-electron chi connectivity index (χ2n) is 7.64. The van der Waals surface area contributed by atoms with E-state index in [0.29, 0.717) is 0 Å². The van der Waals surface area contributed by atoms with E-state index < -0.39 is 15.8 Å². The topological polar surface area (TPSA) is 66.5 Å². The third-order valence-electron chi connectivity index (χ3n) is 5.43. The van der Waals surface area contributed by atoms with Crippen molar-refractivity contribution < 1.29 is 17.6 Å². The van der Waals surface area contributed by atoms with Crippen LogP contribution < -0.4 is 5.32 Å². The number of nitrogens with zero attached hydrogens (tertiary/aromatic N) is 1. The van der Waals surface area contributed by atoms with E-state index in [2.05, 4.69) is 21.2 Å². The van der Waals surface area contributed by atoms with E-state index in [9.17, 15) is 17.6 Å². The molecule has 2 aromatic rings. The normalized spacial score (nSPS) is 16.4. The van der Waals surface area contributed by atoms with E-state index in [0.717, 1.165) is 54.3 Å². The summed E-state index contributed by atoms with van der Waals surface area (Å²) in [5.41, 5.74) is 0.920. The summed E-state index contributed by atoms with van der Waals surface area (Å²) in [4.78, 5) is 12.8. The van der Waals surface area contributed by atoms with Crippen LogP contribution in [-0.2, 0) is 14.8 Å². The Morgan fingerprint density at radius 3 is 2.47 bits per heavy atom. The summed E-state index contributed by atoms with van der Waals surface area (Å²) in [7, 11) is -3.92. The zero-order chi connectivity index (χ0) is 21.7. The van der Waals surface area contributed by atoms with Gasteiger partial charge in [-0.3, -0.25) is 4.79 Å². The van der Waals surface area contributed by atoms with Gasteiger partial charge >= 0.3 is 0 Å². The van der Waals surface area contributed by atoms with Crippen LogP contribution in [0.25, 0.3) is 0 Å². The van der Waals surface area contributed by atoms with Gasteiger partial charge in [-0.25, -0.2) is 12.8 Å². The molecule has 1 atom stereocenters. The van der Waals surface area contributed by atoms with Crippen molar-refractivity contribution in [2.45, 2.75) is 56.0 Å². The Balaban J connectivity index is 1.80. The zero-order valence-electron chi connectivity index (χ0n) is 16.9. The molecule has 0 bridgehead atoms. The van der Waals surface area contributed by atoms with Crippen LogP contribution in [0.2, 0.25) is 0 Å². The molecule has 0 saturated heterocycles. The molecular weight excluding hydrogens is 471 g/mol. The van der Waals surface area contributed by atoms with Gasteiger partial charge in [0.25, 0.3) is 0 Å². The van der Waals surface area contributed by atoms with Gasteiger partial charge < -0.3 is 5.32 Å². The molecule has 1 aliphatic carbocycles. The van der Waals surface area contributed by atoms with Crippen LogP contribution in [0.5, 0.6) is 0 Å². The van der Waals surface area contributed by atoms with Crippen molar-refractivity contribution in [3.63, 3.8) is 0 Å². The van der Waals surface area contributed by atoms with Gasteiger partial charge in [0.1, 0.15) is 5.82 Å². The van der Waals surface area contributed by atoms with Gasteiger partial charge in [0.2, 0.25) is 15.9 Å². The quantitative estimate of drug-likeness (QED) is 0.599. The molecule has 1 aliphatic rings. The van der Waals surface area contributed by atoms with Gasteiger partial charge in [-0.05, 0) is 61.7 Å². The second-order valence-corrected chi connectivity index (χ2v) is 10.4. The van der Waals surface area contributed by atoms with Gasteiger partial charge in [-0.2, -0.15) is 4.31 Å². The number of nitrogens with one attached hydrogen (secondary N) is 1. The standard InChI is InChI=1S/C22H26BrFN2O3S/c1-16(17-6-5-7-18(23)14-17)25-22(27)15-26(20-8-3-2-4-9-20)30(28,29)21-12-10-19(24)11-13-21/h5-7,10-14,16,20H,2-4,8-9,15H2,1H3,(H,25,27)/t16-/m1/s1. The minimum absolute atomic E-state index is 0.00214. The Labute approximate surface area is 185 Å². The highest BCUT2D eigenvalue weighted by atomic mass is 79.9. The first-order valence-electron chi connectivity index (χ1n) is 10.1. The van der Waals surface area contributed by atoms with Crippen LogP contribution in [-0.4, -0.2) is 31.2 Å². The van der Waals surface area contributed by atoms with Crippen LogP contribution in [0.15, 0.2) is 57.9 Å². The number of benzene rings is 2. The molecule has 0 unspecified atom stereocenters. The molecule has 0 aliphatic heterocycles. The van der Waals surface area contributed by atoms with Crippen molar-refractivity contribution in [2.75, 3.05) is 6.54 Å². The molecular formula is C22H26BrFN2O3S. The number of halogens is 2. The number of sulfonamides is 1. The van der Waals surface area contributed by atoms with Gasteiger partial charge in [0, 0.05) is 10.5 Å². The lowest BCUT2D eigenvalue weighted by atomic mass is 9.95. The van der Waals surface area contributed by atoms with Gasteiger partial charge in [-0.1, -0.05) is 47.3 Å². The molecule has 1 fully saturated rings. The lowest BCUT2D eigenvalue weighted by molar-refractivity contribution is -0.122. The average Bonchev–Trinajstić information content (AvgIpc) is 2.73. The molecule has 1 saturated carbocycles. The maximum absolute atomic E-state index is 13.3. The molecule has 8 heteroatoms. The monoisotopic (exact) mass is 496 g/mol. The highest BCUT2D eigenvalue weighted by Gasteiger charge is 2.34. The first-order valence-corrected chi connectivity index (χ1v) is 12.3. The van der Waals surface area contributed by atoms with E-state index in [4.69, 9.17) is 0 Å². The van der Waals surface area contributed by atoms with Crippen LogP contribution >= 0.6 is 15.9 Å². The Bertz CT molecular complexity index is 976. The SMILES string of the molecule is C[C@@H](NC(=O)CN(C1CCCCC1)S(=O)(=O)c1ccc(F)cc1)c1cccc(Br)c1. The summed E-state index contributed by atoms with van der Waals surface area (Å²) in [5.74, 6) is -0.863. The summed E-state index contributed by atoms with van der Waals surface area (Å²) in [6.07, 6.45) is 4.35. The molecule has 30 heavy (non-hydrogen) atoms. The van der Waals surface area contributed by atoms with E-state index in [1.807, 2.05) is 31.2 Å². The number of carbonyl (C=O) groups excluding carboxylic acids is 1. The molecule has 5 nitrogen and oxygen atoms in total. The third-order valence-corrected chi connectivity index (χ3v) is 7.83. The fourth-order valence-corrected chi connectivity index (χ4v) is 5.87. The smallest absolute Gasteiger partial charge is 0.243 e. The summed E-state index contributed by atoms with van der Waals surface area (Å²) in [5, 5.41) is 2.90. The van der Waals surface area contributed by atoms with Gasteiger partial charge in [0.05, 0.1) is 17.5 Å². The predicted molar refractivity (Wildman–Crippen MR) is 118 cm³/mol. The van der Waals surface area contributed by atoms with Gasteiger partial charge in [0.15, 0.2) is 0 Å². The first-order chi connectivity index (χ1) is 14.3. The van der Waals surface area contributed by atoms with E-state index in [1.165, 1.54) is 16.4 Å². The fraction of sp³-hybridized carbons (Fsp3) is 0.409. The number of hydrogen-bond acceptors (Lipinski definition) is 3. The molecule has 0 spiro atoms. The lowest BCUT2D eigenvalue weighted by Crippen LogP contribution is -2.47. The lowest BCUT2D eigenvalue weighted by Gasteiger charge is -2.33. The van der Waals surface area contributed by atoms with Crippen LogP contribution in [0.3, 0.4) is 0 Å². The maximum Gasteiger partial charge on any atom is 0.243 e. The summed E-state index contributed by atoms with van der Waals surface area (Å²) < 4.78 is 42.1. The molecule has 3 rings (SSSR count). The number of hydrogen-bond donors (Lipinski definition) is 1. The average molecular weight is 497 g/mol. The molecule has 0 heterocycles. The minimum atomic E-state index is -3.92. The van der Waals surface area contributed by atoms with Crippen molar-refractivity contribution in [3.8, 4) is 0 Å². The van der Waals surface area contributed by atoms with E-state index >= 15 is 0 Å². The number of rotatable bonds is 7. The minimum Gasteiger partial charge on any atom is -0.348 e. The Kier molecular flexibility index (Phi) is 7.65. The maximum atomic E-state index is 13.3. The fourth-order valence-electron chi connectivity index (χ4n) is 3.81. The summed E-state index contributed by atoms with van der Waals surface area (Å²) in [6, 6.07) is 11.9. The predicted octanol–water partition coefficient (Wildman–Crippen LogP) is 4.79. The molecule has 0 radical (unpaired) electrons. The second kappa shape index (κ2) is 10.0. The van der Waals surface area contributed by atoms with Crippen molar-refractivity contribution in [3.05, 3.63) is 64.4 Å². The highest BCUT2D eigenvalue weighted by Crippen LogP contribution is 2.28. The first kappa shape index (κ1) is 22.9. The third kappa shape index (κ3) is 5.68. The molecule has 0 aromatic heterocycles. The summed E-state index contributed by atoms with van der Waals surface area (Å²) in [6.45, 7) is 1.60. The zero-order valence-corrected chi connectivity index (χ0v) is 19.3. The summed E-state index contributed by atoms with van der Waals surface area (Å²) >= 11 is 3.42. The Morgan fingerprint density at radius 1 is 1.17 bits per heavy atom. The van der Waals surface area contributed by atoms with Crippen LogP contribution in [0.1, 0.15) is 50.6 Å². The van der Waals surface area contributed by atoms with Crippen molar-refractivity contribution in [1.29, 1.82) is 0 Å². The van der Waals surface area contributed by atoms with Crippen molar-refractivity contribution in [1.82, 2.24) is 9.62 Å². The van der Waals surface area contributed by atoms with Crippen molar-refractivity contribution in [2.24, 2.45) is 0 Å². The Hall–Kier alpha value is -1.77. The van der Waals surface area contributed by atoms with E-state index in [1.54, 1.807) is 0 Å². The van der Waals surface area contributed by atoms with E-state index in [-0.39, 0.29) is 29.4 Å². The molecule has 1 amide bonds.